The molecule has 1 fully saturated rings. The van der Waals surface area contributed by atoms with Crippen molar-refractivity contribution in [1.82, 2.24) is 5.32 Å². The highest BCUT2D eigenvalue weighted by Crippen LogP contribution is 2.26. The first kappa shape index (κ1) is 14.3. The van der Waals surface area contributed by atoms with Gasteiger partial charge in [0.05, 0.1) is 6.04 Å². The van der Waals surface area contributed by atoms with Gasteiger partial charge in [-0.25, -0.2) is 0 Å². The SMILES string of the molecule is O=C(Nc1ccc(SC(F)F)cc1)[C@@H]1CCCCN1. The van der Waals surface area contributed by atoms with Crippen LogP contribution in [0.1, 0.15) is 19.3 Å². The lowest BCUT2D eigenvalue weighted by Crippen LogP contribution is -2.43. The van der Waals surface area contributed by atoms with Crippen molar-refractivity contribution in [2.45, 2.75) is 36.0 Å². The van der Waals surface area contributed by atoms with Gasteiger partial charge in [0, 0.05) is 10.6 Å². The molecule has 104 valence electrons. The van der Waals surface area contributed by atoms with E-state index in [-0.39, 0.29) is 11.9 Å². The summed E-state index contributed by atoms with van der Waals surface area (Å²) in [5.41, 5.74) is 0.635. The molecule has 0 radical (unpaired) electrons. The highest BCUT2D eigenvalue weighted by Gasteiger charge is 2.20. The predicted octanol–water partition coefficient (Wildman–Crippen LogP) is 3.08. The van der Waals surface area contributed by atoms with Crippen LogP contribution in [0.5, 0.6) is 0 Å². The number of carbonyl (C=O) groups excluding carboxylic acids is 1. The fourth-order valence-corrected chi connectivity index (χ4v) is 2.52. The van der Waals surface area contributed by atoms with Gasteiger partial charge in [0.2, 0.25) is 5.91 Å². The maximum atomic E-state index is 12.2. The summed E-state index contributed by atoms with van der Waals surface area (Å²) >= 11 is 0.496. The Balaban J connectivity index is 1.89. The molecule has 0 aromatic heterocycles. The number of piperidine rings is 1. The highest BCUT2D eigenvalue weighted by molar-refractivity contribution is 7.99. The highest BCUT2D eigenvalue weighted by atomic mass is 32.2. The molecule has 19 heavy (non-hydrogen) atoms. The van der Waals surface area contributed by atoms with Gasteiger partial charge in [0.15, 0.2) is 0 Å². The maximum absolute atomic E-state index is 12.2. The normalized spacial score (nSPS) is 19.4. The number of hydrogen-bond donors (Lipinski definition) is 2. The number of amides is 1. The molecule has 1 saturated heterocycles. The molecule has 2 N–H and O–H groups in total. The van der Waals surface area contributed by atoms with E-state index in [1.165, 1.54) is 0 Å². The molecular formula is C13H16F2N2OS. The van der Waals surface area contributed by atoms with Crippen molar-refractivity contribution >= 4 is 23.4 Å². The average molecular weight is 286 g/mol. The first-order valence-corrected chi connectivity index (χ1v) is 7.12. The zero-order chi connectivity index (χ0) is 13.7. The number of nitrogens with one attached hydrogen (secondary N) is 2. The van der Waals surface area contributed by atoms with Crippen molar-refractivity contribution in [3.8, 4) is 0 Å². The van der Waals surface area contributed by atoms with Crippen LogP contribution in [-0.4, -0.2) is 24.3 Å². The zero-order valence-corrected chi connectivity index (χ0v) is 11.2. The summed E-state index contributed by atoms with van der Waals surface area (Å²) in [6.07, 6.45) is 2.99. The Bertz CT molecular complexity index is 419. The number of carbonyl (C=O) groups is 1. The van der Waals surface area contributed by atoms with Gasteiger partial charge < -0.3 is 10.6 Å². The third kappa shape index (κ3) is 4.47. The number of benzene rings is 1. The van der Waals surface area contributed by atoms with E-state index in [4.69, 9.17) is 0 Å². The van der Waals surface area contributed by atoms with E-state index in [0.29, 0.717) is 22.3 Å². The van der Waals surface area contributed by atoms with Crippen LogP contribution in [0.15, 0.2) is 29.2 Å². The summed E-state index contributed by atoms with van der Waals surface area (Å²) in [4.78, 5) is 12.4. The van der Waals surface area contributed by atoms with Gasteiger partial charge in [0.25, 0.3) is 5.76 Å². The van der Waals surface area contributed by atoms with Crippen molar-refractivity contribution < 1.29 is 13.6 Å². The smallest absolute Gasteiger partial charge is 0.288 e. The summed E-state index contributed by atoms with van der Waals surface area (Å²) in [6.45, 7) is 0.863. The molecule has 0 unspecified atom stereocenters. The number of halogens is 2. The fourth-order valence-electron chi connectivity index (χ4n) is 2.02. The molecule has 0 spiro atoms. The molecule has 1 atom stereocenters. The van der Waals surface area contributed by atoms with Gasteiger partial charge >= 0.3 is 0 Å². The van der Waals surface area contributed by atoms with Gasteiger partial charge in [-0.1, -0.05) is 18.2 Å². The molecule has 1 amide bonds. The molecule has 0 aliphatic carbocycles. The quantitative estimate of drug-likeness (QED) is 0.836. The van der Waals surface area contributed by atoms with Crippen LogP contribution in [0.2, 0.25) is 0 Å². The van der Waals surface area contributed by atoms with E-state index in [2.05, 4.69) is 10.6 Å². The molecular weight excluding hydrogens is 270 g/mol. The van der Waals surface area contributed by atoms with E-state index >= 15 is 0 Å². The Kier molecular flexibility index (Phi) is 5.15. The second kappa shape index (κ2) is 6.86. The fraction of sp³-hybridized carbons (Fsp3) is 0.462. The number of thioether (sulfide) groups is 1. The molecule has 1 aromatic carbocycles. The van der Waals surface area contributed by atoms with Crippen LogP contribution < -0.4 is 10.6 Å². The summed E-state index contributed by atoms with van der Waals surface area (Å²) < 4.78 is 24.3. The van der Waals surface area contributed by atoms with Crippen molar-refractivity contribution in [2.75, 3.05) is 11.9 Å². The molecule has 1 aromatic rings. The second-order valence-electron chi connectivity index (χ2n) is 4.39. The first-order chi connectivity index (χ1) is 9.15. The van der Waals surface area contributed by atoms with Crippen LogP contribution in [0, 0.1) is 0 Å². The largest absolute Gasteiger partial charge is 0.325 e. The predicted molar refractivity (Wildman–Crippen MR) is 72.6 cm³/mol. The van der Waals surface area contributed by atoms with Crippen LogP contribution in [0.25, 0.3) is 0 Å². The van der Waals surface area contributed by atoms with Crippen LogP contribution in [0.4, 0.5) is 14.5 Å². The third-order valence-corrected chi connectivity index (χ3v) is 3.70. The zero-order valence-electron chi connectivity index (χ0n) is 10.4. The molecule has 3 nitrogen and oxygen atoms in total. The van der Waals surface area contributed by atoms with E-state index in [9.17, 15) is 13.6 Å². The maximum Gasteiger partial charge on any atom is 0.288 e. The Morgan fingerprint density at radius 2 is 2.05 bits per heavy atom. The van der Waals surface area contributed by atoms with Crippen molar-refractivity contribution in [1.29, 1.82) is 0 Å². The second-order valence-corrected chi connectivity index (χ2v) is 5.46. The van der Waals surface area contributed by atoms with E-state index in [0.717, 1.165) is 25.8 Å². The van der Waals surface area contributed by atoms with Crippen LogP contribution in [-0.2, 0) is 4.79 Å². The summed E-state index contributed by atoms with van der Waals surface area (Å²) in [6, 6.07) is 6.31. The number of hydrogen-bond acceptors (Lipinski definition) is 3. The first-order valence-electron chi connectivity index (χ1n) is 6.24. The minimum Gasteiger partial charge on any atom is -0.325 e. The van der Waals surface area contributed by atoms with Gasteiger partial charge in [-0.15, -0.1) is 0 Å². The lowest BCUT2D eigenvalue weighted by atomic mass is 10.0. The molecule has 1 aliphatic heterocycles. The van der Waals surface area contributed by atoms with E-state index in [1.54, 1.807) is 24.3 Å². The molecule has 1 aliphatic rings. The Hall–Kier alpha value is -1.14. The molecule has 6 heteroatoms. The van der Waals surface area contributed by atoms with Gasteiger partial charge in [-0.05, 0) is 43.7 Å². The molecule has 2 rings (SSSR count). The van der Waals surface area contributed by atoms with Crippen molar-refractivity contribution in [2.24, 2.45) is 0 Å². The van der Waals surface area contributed by atoms with E-state index < -0.39 is 5.76 Å². The average Bonchev–Trinajstić information content (AvgIpc) is 2.41. The summed E-state index contributed by atoms with van der Waals surface area (Å²) in [5, 5.41) is 5.96. The minimum atomic E-state index is -2.42. The molecule has 1 heterocycles. The third-order valence-electron chi connectivity index (χ3n) is 2.97. The van der Waals surface area contributed by atoms with Crippen LogP contribution >= 0.6 is 11.8 Å². The Labute approximate surface area is 115 Å². The lowest BCUT2D eigenvalue weighted by Gasteiger charge is -2.22. The van der Waals surface area contributed by atoms with E-state index in [1.807, 2.05) is 0 Å². The lowest BCUT2D eigenvalue weighted by molar-refractivity contribution is -0.118. The monoisotopic (exact) mass is 286 g/mol. The topological polar surface area (TPSA) is 41.1 Å². The van der Waals surface area contributed by atoms with Gasteiger partial charge in [-0.2, -0.15) is 8.78 Å². The van der Waals surface area contributed by atoms with Crippen molar-refractivity contribution in [3.05, 3.63) is 24.3 Å². The summed E-state index contributed by atoms with van der Waals surface area (Å²) in [5.74, 6) is -2.49. The molecule has 0 saturated carbocycles. The number of alkyl halides is 2. The van der Waals surface area contributed by atoms with Gasteiger partial charge in [0.1, 0.15) is 0 Å². The van der Waals surface area contributed by atoms with Crippen LogP contribution in [0.3, 0.4) is 0 Å². The molecule has 0 bridgehead atoms. The number of anilines is 1. The number of rotatable bonds is 4. The Morgan fingerprint density at radius 3 is 2.63 bits per heavy atom. The minimum absolute atomic E-state index is 0.0611. The van der Waals surface area contributed by atoms with Gasteiger partial charge in [-0.3, -0.25) is 4.79 Å². The Morgan fingerprint density at radius 1 is 1.32 bits per heavy atom. The van der Waals surface area contributed by atoms with Crippen molar-refractivity contribution in [3.63, 3.8) is 0 Å². The standard InChI is InChI=1S/C13H16F2N2OS/c14-13(15)19-10-6-4-9(5-7-10)17-12(18)11-3-1-2-8-16-11/h4-7,11,13,16H,1-3,8H2,(H,17,18)/t11-/m0/s1. The summed E-state index contributed by atoms with van der Waals surface area (Å²) in [7, 11) is 0.